The molecular weight excluding hydrogens is 345 g/mol. The van der Waals surface area contributed by atoms with Crippen LogP contribution in [-0.2, 0) is 0 Å². The van der Waals surface area contributed by atoms with E-state index in [1.54, 1.807) is 0 Å². The molecule has 4 nitrogen and oxygen atoms in total. The summed E-state index contributed by atoms with van der Waals surface area (Å²) in [6.45, 7) is 0. The number of aliphatic imine (C=N–C) groups is 1. The minimum Gasteiger partial charge on any atom is -0.258 e. The molecule has 0 aliphatic carbocycles. The van der Waals surface area contributed by atoms with E-state index in [0.717, 1.165) is 0 Å². The third-order valence-electron chi connectivity index (χ3n) is 1.79. The lowest BCUT2D eigenvalue weighted by molar-refractivity contribution is -0.384. The van der Waals surface area contributed by atoms with Gasteiger partial charge in [-0.3, -0.25) is 10.1 Å². The molecule has 98 valence electrons. The van der Waals surface area contributed by atoms with Gasteiger partial charge in [0, 0.05) is 17.7 Å². The van der Waals surface area contributed by atoms with Crippen LogP contribution in [0.3, 0.4) is 0 Å². The lowest BCUT2D eigenvalue weighted by Crippen LogP contribution is -2.18. The van der Waals surface area contributed by atoms with Gasteiger partial charge in [0.25, 0.3) is 5.69 Å². The van der Waals surface area contributed by atoms with Crippen LogP contribution in [0.5, 0.6) is 0 Å². The van der Waals surface area contributed by atoms with Crippen molar-refractivity contribution < 1.29 is 4.92 Å². The molecule has 0 saturated heterocycles. The molecule has 0 fully saturated rings. The predicted octanol–water partition coefficient (Wildman–Crippen LogP) is 4.52. The van der Waals surface area contributed by atoms with Gasteiger partial charge in [-0.15, -0.1) is 0 Å². The SMILES string of the molecule is O=[N+]([O-])c1cccc(/C(Cl)=N/C(Cl)C(Cl)(Cl)Cl)c1. The Morgan fingerprint density at radius 2 is 2.00 bits per heavy atom. The van der Waals surface area contributed by atoms with Gasteiger partial charge < -0.3 is 0 Å². The van der Waals surface area contributed by atoms with E-state index in [1.807, 2.05) is 0 Å². The fourth-order valence-electron chi connectivity index (χ4n) is 0.995. The number of hydrogen-bond acceptors (Lipinski definition) is 3. The molecule has 0 aliphatic rings. The first-order valence-corrected chi connectivity index (χ1v) is 6.35. The van der Waals surface area contributed by atoms with E-state index in [-0.39, 0.29) is 10.9 Å². The third-order valence-corrected chi connectivity index (χ3v) is 3.49. The monoisotopic (exact) mass is 348 g/mol. The van der Waals surface area contributed by atoms with Gasteiger partial charge in [0.15, 0.2) is 5.50 Å². The zero-order chi connectivity index (χ0) is 13.9. The maximum atomic E-state index is 10.6. The van der Waals surface area contributed by atoms with Gasteiger partial charge in [-0.25, -0.2) is 4.99 Å². The smallest absolute Gasteiger partial charge is 0.258 e. The zero-order valence-corrected chi connectivity index (χ0v) is 12.3. The standard InChI is InChI=1S/C9H5Cl5N2O2/c10-7(15-8(11)9(12,13)14)5-2-1-3-6(4-5)16(17)18/h1-4,8H/b15-7-. The molecule has 0 spiro atoms. The molecule has 1 unspecified atom stereocenters. The minimum atomic E-state index is -1.82. The quantitative estimate of drug-likeness (QED) is 0.265. The minimum absolute atomic E-state index is 0.0787. The summed E-state index contributed by atoms with van der Waals surface area (Å²) in [6, 6.07) is 5.55. The number of benzene rings is 1. The topological polar surface area (TPSA) is 55.5 Å². The molecule has 1 atom stereocenters. The van der Waals surface area contributed by atoms with Crippen molar-refractivity contribution in [3.8, 4) is 0 Å². The largest absolute Gasteiger partial charge is 0.270 e. The van der Waals surface area contributed by atoms with Crippen molar-refractivity contribution >= 4 is 68.9 Å². The Morgan fingerprint density at radius 3 is 2.50 bits per heavy atom. The fourth-order valence-corrected chi connectivity index (χ4v) is 1.50. The number of alkyl halides is 4. The molecule has 9 heteroatoms. The summed E-state index contributed by atoms with van der Waals surface area (Å²) in [5, 5.41) is 10.5. The first kappa shape index (κ1) is 15.8. The second-order valence-electron chi connectivity index (χ2n) is 3.10. The van der Waals surface area contributed by atoms with Crippen LogP contribution >= 0.6 is 58.0 Å². The molecule has 0 radical (unpaired) electrons. The fraction of sp³-hybridized carbons (Fsp3) is 0.222. The highest BCUT2D eigenvalue weighted by Crippen LogP contribution is 2.35. The molecular formula is C9H5Cl5N2O2. The Bertz CT molecular complexity index is 486. The molecule has 0 N–H and O–H groups in total. The predicted molar refractivity (Wildman–Crippen MR) is 75.4 cm³/mol. The van der Waals surface area contributed by atoms with Gasteiger partial charge in [0.1, 0.15) is 5.17 Å². The van der Waals surface area contributed by atoms with Crippen LogP contribution in [0.2, 0.25) is 0 Å². The van der Waals surface area contributed by atoms with Crippen molar-refractivity contribution in [2.75, 3.05) is 0 Å². The summed E-state index contributed by atoms with van der Waals surface area (Å²) < 4.78 is -1.82. The Balaban J connectivity index is 3.04. The van der Waals surface area contributed by atoms with Crippen LogP contribution in [-0.4, -0.2) is 19.4 Å². The first-order valence-electron chi connectivity index (χ1n) is 4.40. The van der Waals surface area contributed by atoms with Gasteiger partial charge in [-0.1, -0.05) is 70.1 Å². The van der Waals surface area contributed by atoms with Crippen molar-refractivity contribution in [1.82, 2.24) is 0 Å². The Hall–Kier alpha value is -0.260. The summed E-state index contributed by atoms with van der Waals surface area (Å²) in [5.74, 6) is 0. The Kier molecular flexibility index (Phi) is 5.49. The van der Waals surface area contributed by atoms with Crippen LogP contribution in [0.1, 0.15) is 5.56 Å². The number of halogens is 5. The van der Waals surface area contributed by atoms with Crippen molar-refractivity contribution in [2.24, 2.45) is 4.99 Å². The van der Waals surface area contributed by atoms with Crippen molar-refractivity contribution in [1.29, 1.82) is 0 Å². The maximum absolute atomic E-state index is 10.6. The maximum Gasteiger partial charge on any atom is 0.270 e. The van der Waals surface area contributed by atoms with Gasteiger partial charge >= 0.3 is 0 Å². The lowest BCUT2D eigenvalue weighted by atomic mass is 10.2. The van der Waals surface area contributed by atoms with Gasteiger partial charge in [-0.2, -0.15) is 0 Å². The number of nitro benzene ring substituents is 1. The summed E-state index contributed by atoms with van der Waals surface area (Å²) in [6.07, 6.45) is 0. The third kappa shape index (κ3) is 4.44. The molecule has 0 aromatic heterocycles. The normalized spacial score (nSPS) is 14.4. The van der Waals surface area contributed by atoms with Crippen molar-refractivity contribution in [3.63, 3.8) is 0 Å². The molecule has 1 aromatic rings. The highest BCUT2D eigenvalue weighted by molar-refractivity contribution is 6.72. The van der Waals surface area contributed by atoms with Gasteiger partial charge in [0.05, 0.1) is 4.92 Å². The van der Waals surface area contributed by atoms with E-state index in [1.165, 1.54) is 24.3 Å². The number of non-ortho nitro benzene ring substituents is 1. The molecule has 1 aromatic carbocycles. The lowest BCUT2D eigenvalue weighted by Gasteiger charge is -2.14. The molecule has 0 aliphatic heterocycles. The number of rotatable bonds is 3. The van der Waals surface area contributed by atoms with Crippen LogP contribution < -0.4 is 0 Å². The molecule has 0 saturated carbocycles. The van der Waals surface area contributed by atoms with Gasteiger partial charge in [-0.05, 0) is 0 Å². The molecule has 18 heavy (non-hydrogen) atoms. The number of hydrogen-bond donors (Lipinski definition) is 0. The van der Waals surface area contributed by atoms with Crippen LogP contribution in [0, 0.1) is 10.1 Å². The highest BCUT2D eigenvalue weighted by Gasteiger charge is 2.31. The average molecular weight is 350 g/mol. The van der Waals surface area contributed by atoms with E-state index in [9.17, 15) is 10.1 Å². The van der Waals surface area contributed by atoms with Crippen LogP contribution in [0.25, 0.3) is 0 Å². The van der Waals surface area contributed by atoms with Crippen LogP contribution in [0.4, 0.5) is 5.69 Å². The van der Waals surface area contributed by atoms with E-state index >= 15 is 0 Å². The van der Waals surface area contributed by atoms with E-state index < -0.39 is 14.2 Å². The molecule has 0 bridgehead atoms. The first-order chi connectivity index (χ1) is 8.21. The average Bonchev–Trinajstić information content (AvgIpc) is 2.27. The van der Waals surface area contributed by atoms with E-state index in [2.05, 4.69) is 4.99 Å². The zero-order valence-electron chi connectivity index (χ0n) is 8.49. The van der Waals surface area contributed by atoms with Crippen molar-refractivity contribution in [2.45, 2.75) is 9.29 Å². The number of nitro groups is 1. The van der Waals surface area contributed by atoms with Crippen molar-refractivity contribution in [3.05, 3.63) is 39.9 Å². The second kappa shape index (κ2) is 6.26. The summed E-state index contributed by atoms with van der Waals surface area (Å²) in [4.78, 5) is 13.8. The summed E-state index contributed by atoms with van der Waals surface area (Å²) in [5.41, 5.74) is -1.01. The summed E-state index contributed by atoms with van der Waals surface area (Å²) in [7, 11) is 0. The molecule has 0 amide bonds. The molecule has 0 heterocycles. The number of nitrogens with zero attached hydrogens (tertiary/aromatic N) is 2. The van der Waals surface area contributed by atoms with E-state index in [4.69, 9.17) is 58.0 Å². The highest BCUT2D eigenvalue weighted by atomic mass is 35.6. The Labute approximate surface area is 128 Å². The van der Waals surface area contributed by atoms with Gasteiger partial charge in [0.2, 0.25) is 3.79 Å². The summed E-state index contributed by atoms with van der Waals surface area (Å²) >= 11 is 28.1. The second-order valence-corrected chi connectivity index (χ2v) is 6.25. The van der Waals surface area contributed by atoms with E-state index in [0.29, 0.717) is 5.56 Å². The van der Waals surface area contributed by atoms with Crippen LogP contribution in [0.15, 0.2) is 29.3 Å². The molecule has 1 rings (SSSR count). The Morgan fingerprint density at radius 1 is 1.39 bits per heavy atom.